The van der Waals surface area contributed by atoms with Crippen LogP contribution < -0.4 is 10.6 Å². The van der Waals surface area contributed by atoms with Crippen LogP contribution in [-0.2, 0) is 13.0 Å². The van der Waals surface area contributed by atoms with Crippen LogP contribution in [0.1, 0.15) is 24.2 Å². The molecule has 11 heteroatoms. The lowest BCUT2D eigenvalue weighted by Gasteiger charge is -2.34. The number of aliphatic imine (C=N–C) groups is 1. The van der Waals surface area contributed by atoms with E-state index in [1.54, 1.807) is 19.4 Å². The molecular formula is C22H28F2IN7O. The van der Waals surface area contributed by atoms with Crippen LogP contribution in [0, 0.1) is 11.6 Å². The van der Waals surface area contributed by atoms with Gasteiger partial charge in [-0.15, -0.1) is 24.0 Å². The van der Waals surface area contributed by atoms with Gasteiger partial charge in [0.1, 0.15) is 17.5 Å². The maximum atomic E-state index is 14.0. The number of hydrogen-bond donors (Lipinski definition) is 3. The predicted octanol–water partition coefficient (Wildman–Crippen LogP) is 3.33. The Bertz CT molecular complexity index is 1020. The molecule has 0 bridgehead atoms. The highest BCUT2D eigenvalue weighted by atomic mass is 127. The van der Waals surface area contributed by atoms with Crippen molar-refractivity contribution < 1.29 is 13.2 Å². The Morgan fingerprint density at radius 3 is 2.82 bits per heavy atom. The van der Waals surface area contributed by atoms with Crippen molar-refractivity contribution in [2.45, 2.75) is 31.8 Å². The molecule has 1 aliphatic rings. The molecule has 2 aromatic heterocycles. The minimum atomic E-state index is -0.500. The third-order valence-corrected chi connectivity index (χ3v) is 5.44. The smallest absolute Gasteiger partial charge is 0.216 e. The van der Waals surface area contributed by atoms with Gasteiger partial charge < -0.3 is 15.1 Å². The Labute approximate surface area is 208 Å². The standard InChI is InChI=1S/C22H27F2N7O.HI/c1-25-22(26-10-9-20-28-21(30-29-20)19-8-4-12-32-19)27-15-5-3-11-31(13-15)14-16-17(23)6-2-7-18(16)24;/h2,4,6-8,12,15H,3,5,9-11,13-14H2,1H3,(H2,25,26,27)(H,28,29,30);1H. The number of furan rings is 1. The zero-order chi connectivity index (χ0) is 22.3. The Morgan fingerprint density at radius 1 is 1.27 bits per heavy atom. The number of piperidine rings is 1. The molecule has 8 nitrogen and oxygen atoms in total. The summed E-state index contributed by atoms with van der Waals surface area (Å²) in [6.45, 7) is 2.36. The van der Waals surface area contributed by atoms with E-state index in [1.807, 2.05) is 6.07 Å². The van der Waals surface area contributed by atoms with Gasteiger partial charge in [0.05, 0.1) is 6.26 Å². The van der Waals surface area contributed by atoms with Gasteiger partial charge in [-0.25, -0.2) is 13.8 Å². The van der Waals surface area contributed by atoms with Gasteiger partial charge in [0.25, 0.3) is 0 Å². The fraction of sp³-hybridized carbons (Fsp3) is 0.409. The first-order valence-corrected chi connectivity index (χ1v) is 10.7. The number of aromatic nitrogens is 3. The highest BCUT2D eigenvalue weighted by molar-refractivity contribution is 14.0. The van der Waals surface area contributed by atoms with Gasteiger partial charge in [-0.3, -0.25) is 15.0 Å². The highest BCUT2D eigenvalue weighted by Crippen LogP contribution is 2.18. The average molecular weight is 571 g/mol. The number of H-pyrrole nitrogens is 1. The number of halogens is 3. The summed E-state index contributed by atoms with van der Waals surface area (Å²) in [7, 11) is 1.72. The van der Waals surface area contributed by atoms with Crippen molar-refractivity contribution in [1.82, 2.24) is 30.7 Å². The third-order valence-electron chi connectivity index (χ3n) is 5.44. The summed E-state index contributed by atoms with van der Waals surface area (Å²) in [6.07, 6.45) is 4.13. The van der Waals surface area contributed by atoms with E-state index in [9.17, 15) is 8.78 Å². The van der Waals surface area contributed by atoms with Crippen molar-refractivity contribution in [2.75, 3.05) is 26.7 Å². The molecule has 178 valence electrons. The van der Waals surface area contributed by atoms with Crippen molar-refractivity contribution in [3.63, 3.8) is 0 Å². The topological polar surface area (TPSA) is 94.4 Å². The van der Waals surface area contributed by atoms with E-state index >= 15 is 0 Å². The Hall–Kier alpha value is -2.54. The zero-order valence-electron chi connectivity index (χ0n) is 18.4. The largest absolute Gasteiger partial charge is 0.461 e. The molecule has 1 atom stereocenters. The summed E-state index contributed by atoms with van der Waals surface area (Å²) in [5.41, 5.74) is 0.122. The molecule has 1 aliphatic heterocycles. The molecule has 0 amide bonds. The lowest BCUT2D eigenvalue weighted by atomic mass is 10.0. The predicted molar refractivity (Wildman–Crippen MR) is 132 cm³/mol. The fourth-order valence-electron chi connectivity index (χ4n) is 3.83. The monoisotopic (exact) mass is 571 g/mol. The van der Waals surface area contributed by atoms with Crippen LogP contribution in [0.15, 0.2) is 46.0 Å². The van der Waals surface area contributed by atoms with E-state index in [0.717, 1.165) is 25.2 Å². The van der Waals surface area contributed by atoms with E-state index in [-0.39, 0.29) is 42.1 Å². The second-order valence-electron chi connectivity index (χ2n) is 7.75. The van der Waals surface area contributed by atoms with Crippen molar-refractivity contribution in [3.8, 4) is 11.6 Å². The Kier molecular flexibility index (Phi) is 9.18. The number of nitrogens with one attached hydrogen (secondary N) is 3. The Morgan fingerprint density at radius 2 is 2.09 bits per heavy atom. The molecule has 3 aromatic rings. The van der Waals surface area contributed by atoms with Crippen molar-refractivity contribution >= 4 is 29.9 Å². The van der Waals surface area contributed by atoms with Gasteiger partial charge >= 0.3 is 0 Å². The first kappa shape index (κ1) is 25.1. The normalized spacial score (nSPS) is 16.9. The van der Waals surface area contributed by atoms with Gasteiger partial charge in [-0.05, 0) is 43.7 Å². The molecule has 0 aliphatic carbocycles. The SMILES string of the molecule is CN=C(NCCc1nc(-c2ccco2)n[nH]1)NC1CCCN(Cc2c(F)cccc2F)C1.I. The van der Waals surface area contributed by atoms with Crippen LogP contribution in [0.4, 0.5) is 8.78 Å². The maximum absolute atomic E-state index is 14.0. The molecular weight excluding hydrogens is 543 g/mol. The van der Waals surface area contributed by atoms with Gasteiger partial charge in [0, 0.05) is 44.7 Å². The fourth-order valence-corrected chi connectivity index (χ4v) is 3.83. The van der Waals surface area contributed by atoms with Crippen molar-refractivity contribution in [2.24, 2.45) is 4.99 Å². The molecule has 1 saturated heterocycles. The molecule has 3 N–H and O–H groups in total. The summed E-state index contributed by atoms with van der Waals surface area (Å²) >= 11 is 0. The van der Waals surface area contributed by atoms with E-state index in [0.29, 0.717) is 37.1 Å². The molecule has 1 unspecified atom stereocenters. The van der Waals surface area contributed by atoms with Crippen LogP contribution in [0.25, 0.3) is 11.6 Å². The van der Waals surface area contributed by atoms with Crippen molar-refractivity contribution in [3.05, 3.63) is 59.6 Å². The van der Waals surface area contributed by atoms with E-state index in [2.05, 4.69) is 35.7 Å². The van der Waals surface area contributed by atoms with Crippen LogP contribution in [-0.4, -0.2) is 58.8 Å². The first-order chi connectivity index (χ1) is 15.6. The van der Waals surface area contributed by atoms with Crippen LogP contribution in [0.5, 0.6) is 0 Å². The highest BCUT2D eigenvalue weighted by Gasteiger charge is 2.22. The number of nitrogens with zero attached hydrogens (tertiary/aromatic N) is 4. The summed E-state index contributed by atoms with van der Waals surface area (Å²) in [6, 6.07) is 7.74. The average Bonchev–Trinajstić information content (AvgIpc) is 3.48. The molecule has 0 radical (unpaired) electrons. The number of aromatic amines is 1. The third kappa shape index (κ3) is 6.73. The lowest BCUT2D eigenvalue weighted by Crippen LogP contribution is -2.51. The van der Waals surface area contributed by atoms with Gasteiger partial charge in [0.2, 0.25) is 5.82 Å². The molecule has 1 aromatic carbocycles. The number of rotatable bonds is 7. The number of hydrogen-bond acceptors (Lipinski definition) is 5. The van der Waals surface area contributed by atoms with Crippen LogP contribution in [0.3, 0.4) is 0 Å². The van der Waals surface area contributed by atoms with E-state index in [4.69, 9.17) is 4.42 Å². The molecule has 4 rings (SSSR count). The second kappa shape index (κ2) is 12.1. The zero-order valence-corrected chi connectivity index (χ0v) is 20.7. The minimum Gasteiger partial charge on any atom is -0.461 e. The molecule has 0 spiro atoms. The second-order valence-corrected chi connectivity index (χ2v) is 7.75. The number of guanidine groups is 1. The minimum absolute atomic E-state index is 0. The summed E-state index contributed by atoms with van der Waals surface area (Å²) in [5.74, 6) is 1.58. The maximum Gasteiger partial charge on any atom is 0.216 e. The molecule has 0 saturated carbocycles. The quantitative estimate of drug-likeness (QED) is 0.229. The molecule has 33 heavy (non-hydrogen) atoms. The van der Waals surface area contributed by atoms with Crippen molar-refractivity contribution in [1.29, 1.82) is 0 Å². The van der Waals surface area contributed by atoms with E-state index in [1.165, 1.54) is 18.2 Å². The summed E-state index contributed by atoms with van der Waals surface area (Å²) < 4.78 is 33.3. The van der Waals surface area contributed by atoms with Gasteiger partial charge in [-0.2, -0.15) is 5.10 Å². The first-order valence-electron chi connectivity index (χ1n) is 10.7. The van der Waals surface area contributed by atoms with E-state index < -0.39 is 11.6 Å². The summed E-state index contributed by atoms with van der Waals surface area (Å²) in [5, 5.41) is 13.8. The van der Waals surface area contributed by atoms with Gasteiger partial charge in [-0.1, -0.05) is 6.07 Å². The number of benzene rings is 1. The molecule has 3 heterocycles. The lowest BCUT2D eigenvalue weighted by molar-refractivity contribution is 0.188. The number of likely N-dealkylation sites (tertiary alicyclic amines) is 1. The molecule has 1 fully saturated rings. The Balaban J connectivity index is 0.00000306. The summed E-state index contributed by atoms with van der Waals surface area (Å²) in [4.78, 5) is 10.8. The van der Waals surface area contributed by atoms with Gasteiger partial charge in [0.15, 0.2) is 11.7 Å². The van der Waals surface area contributed by atoms with Crippen LogP contribution in [0.2, 0.25) is 0 Å². The van der Waals surface area contributed by atoms with Crippen LogP contribution >= 0.6 is 24.0 Å².